The van der Waals surface area contributed by atoms with Crippen LogP contribution in [0.3, 0.4) is 0 Å². The van der Waals surface area contributed by atoms with Crippen LogP contribution in [0.1, 0.15) is 5.69 Å². The summed E-state index contributed by atoms with van der Waals surface area (Å²) in [5, 5.41) is 0.388. The maximum atomic E-state index is 6.80. The van der Waals surface area contributed by atoms with Crippen molar-refractivity contribution in [3.05, 3.63) is 58.8 Å². The third-order valence-corrected chi connectivity index (χ3v) is 2.21. The third-order valence-electron chi connectivity index (χ3n) is 2.00. The lowest BCUT2D eigenvalue weighted by molar-refractivity contribution is 0.289. The maximum absolute atomic E-state index is 6.80. The van der Waals surface area contributed by atoms with Crippen molar-refractivity contribution < 1.29 is 4.74 Å². The Bertz CT molecular complexity index is 548. The molecule has 0 fully saturated rings. The zero-order valence-electron chi connectivity index (χ0n) is 8.80. The molecule has 17 heavy (non-hydrogen) atoms. The molecule has 0 saturated carbocycles. The smallest absolute Gasteiger partial charge is 0.215 e. The Balaban J connectivity index is 2.00. The Morgan fingerprint density at radius 3 is 2.82 bits per heavy atom. The molecule has 2 aromatic rings. The zero-order valence-corrected chi connectivity index (χ0v) is 9.55. The van der Waals surface area contributed by atoms with Crippen molar-refractivity contribution >= 4 is 17.3 Å². The van der Waals surface area contributed by atoms with Crippen molar-refractivity contribution in [2.24, 2.45) is 0 Å². The molecule has 4 nitrogen and oxygen atoms in total. The van der Waals surface area contributed by atoms with Gasteiger partial charge in [0, 0.05) is 12.3 Å². The van der Waals surface area contributed by atoms with Crippen molar-refractivity contribution in [2.75, 3.05) is 0 Å². The van der Waals surface area contributed by atoms with Gasteiger partial charge in [0.1, 0.15) is 11.8 Å². The average Bonchev–Trinajstić information content (AvgIpc) is 2.37. The zero-order chi connectivity index (χ0) is 12.1. The summed E-state index contributed by atoms with van der Waals surface area (Å²) in [4.78, 5) is 11.3. The fraction of sp³-hybridized carbons (Fsp3) is 0.0833. The van der Waals surface area contributed by atoms with Gasteiger partial charge >= 0.3 is 0 Å². The molecule has 0 aliphatic heterocycles. The number of halogens is 1. The van der Waals surface area contributed by atoms with Gasteiger partial charge in [0.05, 0.1) is 12.3 Å². The second kappa shape index (κ2) is 5.28. The van der Waals surface area contributed by atoms with Gasteiger partial charge in [0.15, 0.2) is 0 Å². The van der Waals surface area contributed by atoms with E-state index in [2.05, 4.69) is 14.8 Å². The van der Waals surface area contributed by atoms with E-state index < -0.39 is 0 Å². The van der Waals surface area contributed by atoms with Gasteiger partial charge in [0.2, 0.25) is 11.6 Å². The van der Waals surface area contributed by atoms with Crippen molar-refractivity contribution in [1.29, 1.82) is 0 Å². The monoisotopic (exact) mass is 245 g/mol. The molecule has 0 atom stereocenters. The first-order chi connectivity index (χ1) is 8.28. The molecule has 5 heteroatoms. The second-order valence-electron chi connectivity index (χ2n) is 3.21. The first-order valence-electron chi connectivity index (χ1n) is 4.85. The van der Waals surface area contributed by atoms with Crippen LogP contribution in [-0.4, -0.2) is 9.97 Å². The summed E-state index contributed by atoms with van der Waals surface area (Å²) in [6.45, 7) is 7.10. The van der Waals surface area contributed by atoms with E-state index >= 15 is 0 Å². The van der Waals surface area contributed by atoms with E-state index in [1.54, 1.807) is 30.3 Å². The molecule has 2 heterocycles. The van der Waals surface area contributed by atoms with E-state index in [4.69, 9.17) is 22.9 Å². The van der Waals surface area contributed by atoms with Crippen LogP contribution in [0.25, 0.3) is 4.85 Å². The highest BCUT2D eigenvalue weighted by Gasteiger charge is 1.99. The summed E-state index contributed by atoms with van der Waals surface area (Å²) in [7, 11) is 0. The van der Waals surface area contributed by atoms with Crippen LogP contribution in [0.5, 0.6) is 5.88 Å². The van der Waals surface area contributed by atoms with Crippen LogP contribution in [0.15, 0.2) is 36.5 Å². The Morgan fingerprint density at radius 1 is 1.29 bits per heavy atom. The van der Waals surface area contributed by atoms with E-state index in [0.29, 0.717) is 23.3 Å². The van der Waals surface area contributed by atoms with Crippen molar-refractivity contribution in [2.45, 2.75) is 6.61 Å². The van der Waals surface area contributed by atoms with Gasteiger partial charge in [-0.05, 0) is 12.1 Å². The molecule has 0 saturated heterocycles. The van der Waals surface area contributed by atoms with Crippen LogP contribution < -0.4 is 4.74 Å². The van der Waals surface area contributed by atoms with Crippen molar-refractivity contribution in [3.8, 4) is 5.88 Å². The summed E-state index contributed by atoms with van der Waals surface area (Å²) in [6, 6.07) is 8.61. The lowest BCUT2D eigenvalue weighted by Crippen LogP contribution is -1.98. The van der Waals surface area contributed by atoms with E-state index in [-0.39, 0.29) is 0 Å². The van der Waals surface area contributed by atoms with Gasteiger partial charge in [-0.25, -0.2) is 9.83 Å². The van der Waals surface area contributed by atoms with Crippen LogP contribution in [0.4, 0.5) is 5.69 Å². The van der Waals surface area contributed by atoms with E-state index in [1.807, 2.05) is 0 Å². The fourth-order valence-corrected chi connectivity index (χ4v) is 1.34. The van der Waals surface area contributed by atoms with Crippen LogP contribution in [0, 0.1) is 6.57 Å². The SMILES string of the molecule is [C-]#[N+]c1ccc(COc2cccc(Cl)n2)nc1. The standard InChI is InChI=1S/C12H8ClN3O/c1-14-9-5-6-10(15-7-9)8-17-12-4-2-3-11(13)16-12/h2-7H,8H2. The maximum Gasteiger partial charge on any atom is 0.215 e. The summed E-state index contributed by atoms with van der Waals surface area (Å²) >= 11 is 5.73. The topological polar surface area (TPSA) is 39.4 Å². The highest BCUT2D eigenvalue weighted by Crippen LogP contribution is 2.14. The minimum Gasteiger partial charge on any atom is -0.471 e. The van der Waals surface area contributed by atoms with E-state index in [9.17, 15) is 0 Å². The first kappa shape index (κ1) is 11.4. The Kier molecular flexibility index (Phi) is 3.53. The molecule has 0 aliphatic carbocycles. The summed E-state index contributed by atoms with van der Waals surface area (Å²) in [6.07, 6.45) is 1.51. The number of pyridine rings is 2. The highest BCUT2D eigenvalue weighted by molar-refractivity contribution is 6.29. The molecule has 0 unspecified atom stereocenters. The van der Waals surface area contributed by atoms with Gasteiger partial charge in [0.25, 0.3) is 0 Å². The molecule has 0 spiro atoms. The molecule has 2 aromatic heterocycles. The van der Waals surface area contributed by atoms with Crippen LogP contribution in [0.2, 0.25) is 5.15 Å². The number of aromatic nitrogens is 2. The molecule has 0 N–H and O–H groups in total. The average molecular weight is 246 g/mol. The molecule has 2 rings (SSSR count). The van der Waals surface area contributed by atoms with E-state index in [0.717, 1.165) is 5.69 Å². The van der Waals surface area contributed by atoms with Gasteiger partial charge < -0.3 is 4.74 Å². The number of hydrogen-bond donors (Lipinski definition) is 0. The highest BCUT2D eigenvalue weighted by atomic mass is 35.5. The largest absolute Gasteiger partial charge is 0.471 e. The number of rotatable bonds is 3. The fourth-order valence-electron chi connectivity index (χ4n) is 1.19. The van der Waals surface area contributed by atoms with Gasteiger partial charge in [-0.2, -0.15) is 0 Å². The lowest BCUT2D eigenvalue weighted by atomic mass is 10.3. The molecule has 0 aromatic carbocycles. The minimum absolute atomic E-state index is 0.297. The van der Waals surface area contributed by atoms with E-state index in [1.165, 1.54) is 6.20 Å². The Morgan fingerprint density at radius 2 is 2.18 bits per heavy atom. The Hall–Kier alpha value is -2.12. The molecule has 0 bridgehead atoms. The predicted octanol–water partition coefficient (Wildman–Crippen LogP) is 3.26. The van der Waals surface area contributed by atoms with Gasteiger partial charge in [-0.15, -0.1) is 0 Å². The van der Waals surface area contributed by atoms with Crippen molar-refractivity contribution in [1.82, 2.24) is 9.97 Å². The number of ether oxygens (including phenoxy) is 1. The molecule has 84 valence electrons. The minimum atomic E-state index is 0.297. The van der Waals surface area contributed by atoms with Gasteiger partial charge in [-0.1, -0.05) is 23.7 Å². The van der Waals surface area contributed by atoms with Crippen molar-refractivity contribution in [3.63, 3.8) is 0 Å². The third kappa shape index (κ3) is 3.16. The second-order valence-corrected chi connectivity index (χ2v) is 3.59. The molecular weight excluding hydrogens is 238 g/mol. The summed E-state index contributed by atoms with van der Waals surface area (Å²) < 4.78 is 5.41. The quantitative estimate of drug-likeness (QED) is 0.616. The molecule has 0 aliphatic rings. The molecule has 0 amide bonds. The lowest BCUT2D eigenvalue weighted by Gasteiger charge is -2.04. The summed E-state index contributed by atoms with van der Waals surface area (Å²) in [5.74, 6) is 0.452. The number of hydrogen-bond acceptors (Lipinski definition) is 3. The normalized spacial score (nSPS) is 9.65. The van der Waals surface area contributed by atoms with Gasteiger partial charge in [-0.3, -0.25) is 4.98 Å². The van der Waals surface area contributed by atoms with Crippen LogP contribution >= 0.6 is 11.6 Å². The molecule has 0 radical (unpaired) electrons. The first-order valence-corrected chi connectivity index (χ1v) is 5.23. The Labute approximate surface area is 104 Å². The van der Waals surface area contributed by atoms with Crippen LogP contribution in [-0.2, 0) is 6.61 Å². The summed E-state index contributed by atoms with van der Waals surface area (Å²) in [5.41, 5.74) is 1.24. The predicted molar refractivity (Wildman–Crippen MR) is 64.1 cm³/mol. The number of nitrogens with zero attached hydrogens (tertiary/aromatic N) is 3. The molecular formula is C12H8ClN3O.